The SMILES string of the molecule is CCOC(COc1ccc(OC)cc1C(C)(C)C)OCC. The average Bonchev–Trinajstić information content (AvgIpc) is 2.44. The first-order valence-electron chi connectivity index (χ1n) is 7.46. The van der Waals surface area contributed by atoms with Crippen LogP contribution in [0, 0.1) is 0 Å². The van der Waals surface area contributed by atoms with Crippen LogP contribution >= 0.6 is 0 Å². The molecule has 0 atom stereocenters. The number of methoxy groups -OCH3 is 1. The van der Waals surface area contributed by atoms with Crippen molar-refractivity contribution in [2.45, 2.75) is 46.3 Å². The van der Waals surface area contributed by atoms with E-state index in [2.05, 4.69) is 20.8 Å². The van der Waals surface area contributed by atoms with Crippen molar-refractivity contribution < 1.29 is 18.9 Å². The Morgan fingerprint density at radius 3 is 2.14 bits per heavy atom. The molecule has 0 bridgehead atoms. The van der Waals surface area contributed by atoms with Crippen LogP contribution in [0.5, 0.6) is 11.5 Å². The molecule has 1 aromatic rings. The van der Waals surface area contributed by atoms with Gasteiger partial charge in [0.2, 0.25) is 0 Å². The molecule has 0 aromatic heterocycles. The van der Waals surface area contributed by atoms with Crippen molar-refractivity contribution in [1.82, 2.24) is 0 Å². The van der Waals surface area contributed by atoms with E-state index in [0.717, 1.165) is 17.1 Å². The predicted octanol–water partition coefficient (Wildman–Crippen LogP) is 3.77. The second kappa shape index (κ2) is 8.25. The molecule has 120 valence electrons. The van der Waals surface area contributed by atoms with E-state index in [4.69, 9.17) is 18.9 Å². The van der Waals surface area contributed by atoms with Gasteiger partial charge < -0.3 is 18.9 Å². The Morgan fingerprint density at radius 1 is 1.05 bits per heavy atom. The van der Waals surface area contributed by atoms with Gasteiger partial charge in [-0.1, -0.05) is 20.8 Å². The van der Waals surface area contributed by atoms with Gasteiger partial charge in [0.05, 0.1) is 7.11 Å². The first-order valence-corrected chi connectivity index (χ1v) is 7.46. The quantitative estimate of drug-likeness (QED) is 0.684. The molecule has 4 nitrogen and oxygen atoms in total. The lowest BCUT2D eigenvalue weighted by Gasteiger charge is -2.25. The van der Waals surface area contributed by atoms with Crippen LogP contribution in [0.2, 0.25) is 0 Å². The van der Waals surface area contributed by atoms with Crippen molar-refractivity contribution in [2.75, 3.05) is 26.9 Å². The molecule has 0 saturated heterocycles. The third-order valence-electron chi connectivity index (χ3n) is 3.07. The van der Waals surface area contributed by atoms with Crippen molar-refractivity contribution in [3.05, 3.63) is 23.8 Å². The molecule has 0 aliphatic carbocycles. The highest BCUT2D eigenvalue weighted by Crippen LogP contribution is 2.34. The summed E-state index contributed by atoms with van der Waals surface area (Å²) in [4.78, 5) is 0. The van der Waals surface area contributed by atoms with Crippen LogP contribution in [0.1, 0.15) is 40.2 Å². The number of hydrogen-bond donors (Lipinski definition) is 0. The van der Waals surface area contributed by atoms with E-state index in [1.54, 1.807) is 7.11 Å². The maximum Gasteiger partial charge on any atom is 0.191 e. The standard InChI is InChI=1S/C17H28O4/c1-7-19-16(20-8-2)12-21-15-10-9-13(18-6)11-14(15)17(3,4)5/h9-11,16H,7-8,12H2,1-6H3. The van der Waals surface area contributed by atoms with E-state index in [1.165, 1.54) is 0 Å². The summed E-state index contributed by atoms with van der Waals surface area (Å²) in [6.45, 7) is 11.9. The summed E-state index contributed by atoms with van der Waals surface area (Å²) in [5, 5.41) is 0. The van der Waals surface area contributed by atoms with Gasteiger partial charge in [0, 0.05) is 18.8 Å². The smallest absolute Gasteiger partial charge is 0.191 e. The van der Waals surface area contributed by atoms with Crippen LogP contribution in [-0.4, -0.2) is 33.2 Å². The summed E-state index contributed by atoms with van der Waals surface area (Å²) in [6, 6.07) is 5.86. The Morgan fingerprint density at radius 2 is 1.67 bits per heavy atom. The van der Waals surface area contributed by atoms with Crippen molar-refractivity contribution in [1.29, 1.82) is 0 Å². The van der Waals surface area contributed by atoms with E-state index in [-0.39, 0.29) is 11.7 Å². The maximum atomic E-state index is 5.92. The van der Waals surface area contributed by atoms with Crippen LogP contribution in [0.15, 0.2) is 18.2 Å². The number of hydrogen-bond acceptors (Lipinski definition) is 4. The number of ether oxygens (including phenoxy) is 4. The average molecular weight is 296 g/mol. The summed E-state index contributed by atoms with van der Waals surface area (Å²) in [5.74, 6) is 1.67. The Hall–Kier alpha value is -1.26. The minimum atomic E-state index is -0.338. The van der Waals surface area contributed by atoms with Gasteiger partial charge in [0.1, 0.15) is 18.1 Å². The highest BCUT2D eigenvalue weighted by atomic mass is 16.7. The minimum Gasteiger partial charge on any atom is -0.497 e. The largest absolute Gasteiger partial charge is 0.497 e. The van der Waals surface area contributed by atoms with Crippen LogP contribution in [0.4, 0.5) is 0 Å². The highest BCUT2D eigenvalue weighted by molar-refractivity contribution is 5.44. The molecule has 0 fully saturated rings. The summed E-state index contributed by atoms with van der Waals surface area (Å²) < 4.78 is 22.2. The zero-order chi connectivity index (χ0) is 15.9. The van der Waals surface area contributed by atoms with Crippen LogP contribution in [-0.2, 0) is 14.9 Å². The Bertz CT molecular complexity index is 417. The lowest BCUT2D eigenvalue weighted by Crippen LogP contribution is -2.26. The Balaban J connectivity index is 2.86. The molecule has 0 aliphatic heterocycles. The molecule has 0 N–H and O–H groups in total. The molecule has 1 aromatic carbocycles. The van der Waals surface area contributed by atoms with Gasteiger partial charge in [0.25, 0.3) is 0 Å². The number of benzene rings is 1. The van der Waals surface area contributed by atoms with E-state index in [9.17, 15) is 0 Å². The molecular weight excluding hydrogens is 268 g/mol. The predicted molar refractivity (Wildman–Crippen MR) is 84.2 cm³/mol. The third-order valence-corrected chi connectivity index (χ3v) is 3.07. The van der Waals surface area contributed by atoms with Crippen LogP contribution in [0.25, 0.3) is 0 Å². The molecule has 4 heteroatoms. The maximum absolute atomic E-state index is 5.92. The summed E-state index contributed by atoms with van der Waals surface area (Å²) in [6.07, 6.45) is -0.338. The van der Waals surface area contributed by atoms with Crippen molar-refractivity contribution in [3.63, 3.8) is 0 Å². The van der Waals surface area contributed by atoms with Gasteiger partial charge in [0.15, 0.2) is 6.29 Å². The van der Waals surface area contributed by atoms with Crippen molar-refractivity contribution in [2.24, 2.45) is 0 Å². The molecule has 1 rings (SSSR count). The summed E-state index contributed by atoms with van der Waals surface area (Å²) in [5.41, 5.74) is 1.07. The van der Waals surface area contributed by atoms with Gasteiger partial charge in [-0.05, 0) is 37.5 Å². The zero-order valence-electron chi connectivity index (χ0n) is 14.1. The molecule has 0 saturated carbocycles. The Kier molecular flexibility index (Phi) is 6.99. The van der Waals surface area contributed by atoms with Gasteiger partial charge in [-0.15, -0.1) is 0 Å². The van der Waals surface area contributed by atoms with Crippen LogP contribution in [0.3, 0.4) is 0 Å². The van der Waals surface area contributed by atoms with Gasteiger partial charge in [-0.25, -0.2) is 0 Å². The summed E-state index contributed by atoms with van der Waals surface area (Å²) in [7, 11) is 1.67. The van der Waals surface area contributed by atoms with E-state index in [0.29, 0.717) is 19.8 Å². The second-order valence-corrected chi connectivity index (χ2v) is 5.76. The van der Waals surface area contributed by atoms with Crippen LogP contribution < -0.4 is 9.47 Å². The van der Waals surface area contributed by atoms with Gasteiger partial charge >= 0.3 is 0 Å². The molecule has 0 spiro atoms. The van der Waals surface area contributed by atoms with E-state index < -0.39 is 0 Å². The monoisotopic (exact) mass is 296 g/mol. The van der Waals surface area contributed by atoms with Gasteiger partial charge in [-0.3, -0.25) is 0 Å². The van der Waals surface area contributed by atoms with Crippen molar-refractivity contribution >= 4 is 0 Å². The Labute approximate surface area is 128 Å². The molecule has 0 unspecified atom stereocenters. The number of rotatable bonds is 8. The first kappa shape index (κ1) is 17.8. The lowest BCUT2D eigenvalue weighted by atomic mass is 9.86. The second-order valence-electron chi connectivity index (χ2n) is 5.76. The summed E-state index contributed by atoms with van der Waals surface area (Å²) >= 11 is 0. The normalized spacial score (nSPS) is 11.8. The molecule has 0 heterocycles. The first-order chi connectivity index (χ1) is 9.92. The molecular formula is C17H28O4. The molecule has 0 aliphatic rings. The van der Waals surface area contributed by atoms with Gasteiger partial charge in [-0.2, -0.15) is 0 Å². The topological polar surface area (TPSA) is 36.9 Å². The zero-order valence-corrected chi connectivity index (χ0v) is 14.1. The van der Waals surface area contributed by atoms with E-state index >= 15 is 0 Å². The van der Waals surface area contributed by atoms with Crippen molar-refractivity contribution in [3.8, 4) is 11.5 Å². The fourth-order valence-electron chi connectivity index (χ4n) is 2.02. The molecule has 0 amide bonds. The lowest BCUT2D eigenvalue weighted by molar-refractivity contribution is -0.152. The fraction of sp³-hybridized carbons (Fsp3) is 0.647. The minimum absolute atomic E-state index is 0.0312. The fourth-order valence-corrected chi connectivity index (χ4v) is 2.02. The highest BCUT2D eigenvalue weighted by Gasteiger charge is 2.21. The molecule has 21 heavy (non-hydrogen) atoms. The molecule has 0 radical (unpaired) electrons. The van der Waals surface area contributed by atoms with E-state index in [1.807, 2.05) is 32.0 Å². The third kappa shape index (κ3) is 5.56.